The molecule has 0 bridgehead atoms. The molecular weight excluding hydrogens is 236 g/mol. The predicted molar refractivity (Wildman–Crippen MR) is 67.1 cm³/mol. The zero-order chi connectivity index (χ0) is 12.7. The van der Waals surface area contributed by atoms with Gasteiger partial charge in [-0.3, -0.25) is 4.79 Å². The minimum atomic E-state index is -1.14. The third-order valence-corrected chi connectivity index (χ3v) is 2.75. The van der Waals surface area contributed by atoms with Crippen LogP contribution in [0.15, 0.2) is 41.3 Å². The normalized spacial score (nSPS) is 10.1. The molecule has 0 fully saturated rings. The lowest BCUT2D eigenvalue weighted by Crippen LogP contribution is -1.96. The minimum absolute atomic E-state index is 0.333. The van der Waals surface area contributed by atoms with E-state index in [-0.39, 0.29) is 5.78 Å². The Kier molecular flexibility index (Phi) is 5.05. The molecule has 0 unspecified atom stereocenters. The van der Waals surface area contributed by atoms with Crippen LogP contribution in [0.1, 0.15) is 10.4 Å². The number of rotatable bonds is 5. The third kappa shape index (κ3) is 4.58. The SMILES string of the molecule is C#CCSc1ccc(C(=O)/C=C/C(=O)O)cc1. The minimum Gasteiger partial charge on any atom is -0.478 e. The largest absolute Gasteiger partial charge is 0.478 e. The van der Waals surface area contributed by atoms with Crippen molar-refractivity contribution in [2.75, 3.05) is 5.75 Å². The first-order valence-electron chi connectivity index (χ1n) is 4.75. The summed E-state index contributed by atoms with van der Waals surface area (Å²) in [5.74, 6) is 1.61. The van der Waals surface area contributed by atoms with Crippen LogP contribution in [0.3, 0.4) is 0 Å². The van der Waals surface area contributed by atoms with Gasteiger partial charge in [0.2, 0.25) is 0 Å². The standard InChI is InChI=1S/C13H10O3S/c1-2-9-17-11-5-3-10(4-6-11)12(14)7-8-13(15)16/h1,3-8H,9H2,(H,15,16)/b8-7+. The smallest absolute Gasteiger partial charge is 0.328 e. The van der Waals surface area contributed by atoms with Crippen molar-refractivity contribution in [1.29, 1.82) is 0 Å². The second-order valence-electron chi connectivity index (χ2n) is 3.05. The molecule has 1 rings (SSSR count). The highest BCUT2D eigenvalue weighted by Crippen LogP contribution is 2.17. The van der Waals surface area contributed by atoms with E-state index in [1.807, 2.05) is 0 Å². The second-order valence-corrected chi connectivity index (χ2v) is 4.10. The van der Waals surface area contributed by atoms with Crippen molar-refractivity contribution in [3.05, 3.63) is 42.0 Å². The fourth-order valence-electron chi connectivity index (χ4n) is 1.08. The number of thioether (sulfide) groups is 1. The van der Waals surface area contributed by atoms with Crippen molar-refractivity contribution in [2.45, 2.75) is 4.90 Å². The number of benzene rings is 1. The Morgan fingerprint density at radius 3 is 2.47 bits per heavy atom. The highest BCUT2D eigenvalue weighted by Gasteiger charge is 2.02. The van der Waals surface area contributed by atoms with Gasteiger partial charge in [0.15, 0.2) is 5.78 Å². The van der Waals surface area contributed by atoms with Gasteiger partial charge >= 0.3 is 5.97 Å². The molecule has 0 radical (unpaired) electrons. The number of carbonyl (C=O) groups excluding carboxylic acids is 1. The maximum absolute atomic E-state index is 11.5. The van der Waals surface area contributed by atoms with Crippen LogP contribution >= 0.6 is 11.8 Å². The molecule has 1 aromatic rings. The van der Waals surface area contributed by atoms with Crippen LogP contribution in [0.5, 0.6) is 0 Å². The van der Waals surface area contributed by atoms with Gasteiger partial charge in [-0.25, -0.2) is 4.79 Å². The Morgan fingerprint density at radius 1 is 1.29 bits per heavy atom. The third-order valence-electron chi connectivity index (χ3n) is 1.84. The van der Waals surface area contributed by atoms with Crippen LogP contribution in [0.2, 0.25) is 0 Å². The number of carboxylic acids is 1. The monoisotopic (exact) mass is 246 g/mol. The van der Waals surface area contributed by atoms with Gasteiger partial charge in [0.25, 0.3) is 0 Å². The van der Waals surface area contributed by atoms with Crippen molar-refractivity contribution in [3.8, 4) is 12.3 Å². The van der Waals surface area contributed by atoms with Crippen molar-refractivity contribution >= 4 is 23.5 Å². The van der Waals surface area contributed by atoms with Gasteiger partial charge in [-0.2, -0.15) is 0 Å². The molecule has 0 heterocycles. The summed E-state index contributed by atoms with van der Waals surface area (Å²) in [4.78, 5) is 22.7. The molecule has 17 heavy (non-hydrogen) atoms. The van der Waals surface area contributed by atoms with Crippen LogP contribution in [-0.4, -0.2) is 22.6 Å². The Morgan fingerprint density at radius 2 is 1.94 bits per heavy atom. The number of ketones is 1. The second kappa shape index (κ2) is 6.56. The van der Waals surface area contributed by atoms with Crippen LogP contribution < -0.4 is 0 Å². The van der Waals surface area contributed by atoms with Crippen molar-refractivity contribution in [3.63, 3.8) is 0 Å². The molecule has 86 valence electrons. The summed E-state index contributed by atoms with van der Waals surface area (Å²) in [6, 6.07) is 6.86. The summed E-state index contributed by atoms with van der Waals surface area (Å²) in [7, 11) is 0. The summed E-state index contributed by atoms with van der Waals surface area (Å²) in [5, 5.41) is 8.39. The number of terminal acetylenes is 1. The molecule has 0 aromatic heterocycles. The maximum Gasteiger partial charge on any atom is 0.328 e. The Balaban J connectivity index is 2.71. The fraction of sp³-hybridized carbons (Fsp3) is 0.0769. The molecule has 0 spiro atoms. The molecule has 1 aromatic carbocycles. The van der Waals surface area contributed by atoms with Gasteiger partial charge in [0.1, 0.15) is 0 Å². The molecule has 3 nitrogen and oxygen atoms in total. The van der Waals surface area contributed by atoms with Gasteiger partial charge in [0, 0.05) is 16.5 Å². The average molecular weight is 246 g/mol. The molecule has 0 saturated heterocycles. The lowest BCUT2D eigenvalue weighted by molar-refractivity contribution is -0.131. The molecule has 4 heteroatoms. The lowest BCUT2D eigenvalue weighted by atomic mass is 10.1. The quantitative estimate of drug-likeness (QED) is 0.374. The van der Waals surface area contributed by atoms with Crippen LogP contribution in [-0.2, 0) is 4.79 Å². The molecule has 1 N–H and O–H groups in total. The molecule has 0 aliphatic carbocycles. The van der Waals surface area contributed by atoms with Gasteiger partial charge in [0.05, 0.1) is 5.75 Å². The van der Waals surface area contributed by atoms with E-state index in [2.05, 4.69) is 5.92 Å². The average Bonchev–Trinajstić information content (AvgIpc) is 2.34. The number of hydrogen-bond acceptors (Lipinski definition) is 3. The first-order valence-corrected chi connectivity index (χ1v) is 5.73. The van der Waals surface area contributed by atoms with Crippen molar-refractivity contribution in [1.82, 2.24) is 0 Å². The number of hydrogen-bond donors (Lipinski definition) is 1. The fourth-order valence-corrected chi connectivity index (χ4v) is 1.66. The van der Waals surface area contributed by atoms with E-state index in [0.717, 1.165) is 17.0 Å². The van der Waals surface area contributed by atoms with E-state index >= 15 is 0 Å². The Hall–Kier alpha value is -1.99. The highest BCUT2D eigenvalue weighted by molar-refractivity contribution is 7.99. The van der Waals surface area contributed by atoms with E-state index < -0.39 is 5.97 Å². The van der Waals surface area contributed by atoms with E-state index in [1.165, 1.54) is 11.8 Å². The Labute approximate surface area is 104 Å². The molecular formula is C13H10O3S. The van der Waals surface area contributed by atoms with Crippen molar-refractivity contribution in [2.24, 2.45) is 0 Å². The first kappa shape index (κ1) is 13.1. The first-order chi connectivity index (χ1) is 8.13. The van der Waals surface area contributed by atoms with Crippen LogP contribution in [0.25, 0.3) is 0 Å². The van der Waals surface area contributed by atoms with E-state index in [9.17, 15) is 9.59 Å². The van der Waals surface area contributed by atoms with E-state index in [4.69, 9.17) is 11.5 Å². The van der Waals surface area contributed by atoms with Gasteiger partial charge in [-0.05, 0) is 30.3 Å². The molecule has 0 amide bonds. The van der Waals surface area contributed by atoms with Crippen molar-refractivity contribution < 1.29 is 14.7 Å². The summed E-state index contributed by atoms with van der Waals surface area (Å²) in [6.45, 7) is 0. The number of carboxylic acid groups (broad SMARTS) is 1. The number of aliphatic carboxylic acids is 1. The van der Waals surface area contributed by atoms with Crippen LogP contribution in [0.4, 0.5) is 0 Å². The highest BCUT2D eigenvalue weighted by atomic mass is 32.2. The molecule has 0 atom stereocenters. The van der Waals surface area contributed by atoms with Crippen LogP contribution in [0, 0.1) is 12.3 Å². The summed E-state index contributed by atoms with van der Waals surface area (Å²) in [6.07, 6.45) is 6.99. The topological polar surface area (TPSA) is 54.4 Å². The molecule has 0 saturated carbocycles. The predicted octanol–water partition coefficient (Wildman–Crippen LogP) is 2.24. The summed E-state index contributed by atoms with van der Waals surface area (Å²) in [5.41, 5.74) is 0.451. The summed E-state index contributed by atoms with van der Waals surface area (Å²) < 4.78 is 0. The maximum atomic E-state index is 11.5. The molecule has 0 aliphatic heterocycles. The van der Waals surface area contributed by atoms with Gasteiger partial charge < -0.3 is 5.11 Å². The zero-order valence-electron chi connectivity index (χ0n) is 8.92. The van der Waals surface area contributed by atoms with Gasteiger partial charge in [-0.1, -0.05) is 5.92 Å². The van der Waals surface area contributed by atoms with Gasteiger partial charge in [-0.15, -0.1) is 18.2 Å². The lowest BCUT2D eigenvalue weighted by Gasteiger charge is -1.99. The van der Waals surface area contributed by atoms with E-state index in [0.29, 0.717) is 11.3 Å². The Bertz CT molecular complexity index is 480. The van der Waals surface area contributed by atoms with E-state index in [1.54, 1.807) is 24.3 Å². The summed E-state index contributed by atoms with van der Waals surface area (Å²) >= 11 is 1.50. The zero-order valence-corrected chi connectivity index (χ0v) is 9.74. The molecule has 0 aliphatic rings. The number of carbonyl (C=O) groups is 2. The number of allylic oxidation sites excluding steroid dienone is 1.